The molecule has 12 nitrogen and oxygen atoms in total. The molecule has 0 saturated heterocycles. The van der Waals surface area contributed by atoms with Crippen molar-refractivity contribution in [2.45, 2.75) is 31.5 Å². The average Bonchev–Trinajstić information content (AvgIpc) is 3.09. The second-order valence-corrected chi connectivity index (χ2v) is 5.48. The highest BCUT2D eigenvalue weighted by atomic mass is 16.4. The second kappa shape index (κ2) is 10.1. The number of aromatic amines is 1. The Bertz CT molecular complexity index is 634. The fourth-order valence-electron chi connectivity index (χ4n) is 1.84. The van der Waals surface area contributed by atoms with Crippen LogP contribution in [0, 0.1) is 0 Å². The SMILES string of the molecule is C[C@H](NC(=O)CNC(=O)[C@H](CO)NC(=O)[C@@H](N)Cc1cnc[nH]1)C(=O)O. The number of carboxylic acid groups (broad SMARTS) is 1. The first-order valence-corrected chi connectivity index (χ1v) is 7.68. The number of aliphatic carboxylic acids is 1. The molecule has 0 fully saturated rings. The van der Waals surface area contributed by atoms with E-state index < -0.39 is 55.0 Å². The predicted octanol–water partition coefficient (Wildman–Crippen LogP) is -3.54. The molecule has 0 radical (unpaired) electrons. The minimum atomic E-state index is -1.31. The van der Waals surface area contributed by atoms with Crippen LogP contribution in [0.5, 0.6) is 0 Å². The summed E-state index contributed by atoms with van der Waals surface area (Å²) < 4.78 is 0. The molecular weight excluding hydrogens is 348 g/mol. The lowest BCUT2D eigenvalue weighted by Crippen LogP contribution is -2.55. The van der Waals surface area contributed by atoms with Crippen molar-refractivity contribution in [3.05, 3.63) is 18.2 Å². The Morgan fingerprint density at radius 1 is 1.27 bits per heavy atom. The minimum absolute atomic E-state index is 0.154. The molecule has 0 unspecified atom stereocenters. The molecule has 26 heavy (non-hydrogen) atoms. The van der Waals surface area contributed by atoms with Gasteiger partial charge in [0.2, 0.25) is 17.7 Å². The van der Waals surface area contributed by atoms with Gasteiger partial charge in [-0.3, -0.25) is 19.2 Å². The number of hydrogen-bond donors (Lipinski definition) is 7. The zero-order chi connectivity index (χ0) is 19.7. The number of nitrogens with two attached hydrogens (primary N) is 1. The number of H-pyrrole nitrogens is 1. The van der Waals surface area contributed by atoms with E-state index in [-0.39, 0.29) is 6.42 Å². The molecule has 3 amide bonds. The number of rotatable bonds is 10. The predicted molar refractivity (Wildman–Crippen MR) is 87.5 cm³/mol. The van der Waals surface area contributed by atoms with Crippen LogP contribution in [0.2, 0.25) is 0 Å². The first-order chi connectivity index (χ1) is 12.2. The molecule has 0 saturated carbocycles. The van der Waals surface area contributed by atoms with E-state index in [1.54, 1.807) is 0 Å². The fourth-order valence-corrected chi connectivity index (χ4v) is 1.84. The van der Waals surface area contributed by atoms with Gasteiger partial charge in [0.15, 0.2) is 0 Å². The molecule has 0 spiro atoms. The Morgan fingerprint density at radius 3 is 2.50 bits per heavy atom. The van der Waals surface area contributed by atoms with E-state index in [0.29, 0.717) is 5.69 Å². The van der Waals surface area contributed by atoms with E-state index in [4.69, 9.17) is 10.8 Å². The summed E-state index contributed by atoms with van der Waals surface area (Å²) in [7, 11) is 0. The van der Waals surface area contributed by atoms with Gasteiger partial charge in [0, 0.05) is 18.3 Å². The molecule has 1 aromatic heterocycles. The number of nitrogens with one attached hydrogen (secondary N) is 4. The Labute approximate surface area is 148 Å². The molecule has 0 bridgehead atoms. The first-order valence-electron chi connectivity index (χ1n) is 7.68. The van der Waals surface area contributed by atoms with Crippen molar-refractivity contribution in [1.82, 2.24) is 25.9 Å². The van der Waals surface area contributed by atoms with E-state index in [2.05, 4.69) is 25.9 Å². The summed E-state index contributed by atoms with van der Waals surface area (Å²) in [5, 5.41) is 24.5. The van der Waals surface area contributed by atoms with Gasteiger partial charge in [-0.05, 0) is 6.92 Å². The zero-order valence-corrected chi connectivity index (χ0v) is 14.1. The molecule has 1 aromatic rings. The Hall–Kier alpha value is -2.99. The van der Waals surface area contributed by atoms with Crippen molar-refractivity contribution in [2.24, 2.45) is 5.73 Å². The molecule has 3 atom stereocenters. The molecule has 1 heterocycles. The molecule has 8 N–H and O–H groups in total. The van der Waals surface area contributed by atoms with Crippen LogP contribution in [0.4, 0.5) is 0 Å². The Balaban J connectivity index is 2.46. The third-order valence-corrected chi connectivity index (χ3v) is 3.32. The van der Waals surface area contributed by atoms with Crippen LogP contribution in [-0.2, 0) is 25.6 Å². The normalized spacial score (nSPS) is 14.0. The number of aliphatic hydroxyl groups excluding tert-OH is 1. The van der Waals surface area contributed by atoms with Crippen molar-refractivity contribution in [3.63, 3.8) is 0 Å². The summed E-state index contributed by atoms with van der Waals surface area (Å²) in [6.07, 6.45) is 3.08. The van der Waals surface area contributed by atoms with E-state index in [1.165, 1.54) is 19.4 Å². The van der Waals surface area contributed by atoms with E-state index in [9.17, 15) is 24.3 Å². The van der Waals surface area contributed by atoms with Gasteiger partial charge in [0.05, 0.1) is 25.5 Å². The lowest BCUT2D eigenvalue weighted by Gasteiger charge is -2.19. The average molecular weight is 370 g/mol. The standard InChI is InChI=1S/C14H22N6O6/c1-7(14(25)26)19-11(22)4-17-13(24)10(5-21)20-12(23)9(15)2-8-3-16-6-18-8/h3,6-7,9-10,21H,2,4-5,15H2,1H3,(H,16,18)(H,17,24)(H,19,22)(H,20,23)(H,25,26)/t7-,9-,10-/m0/s1. The quantitative estimate of drug-likeness (QED) is 0.219. The van der Waals surface area contributed by atoms with Gasteiger partial charge in [-0.2, -0.15) is 0 Å². The monoisotopic (exact) mass is 370 g/mol. The van der Waals surface area contributed by atoms with E-state index in [1.807, 2.05) is 0 Å². The number of carbonyl (C=O) groups is 4. The maximum Gasteiger partial charge on any atom is 0.325 e. The van der Waals surface area contributed by atoms with Gasteiger partial charge >= 0.3 is 5.97 Å². The number of aromatic nitrogens is 2. The molecule has 0 aliphatic rings. The fraction of sp³-hybridized carbons (Fsp3) is 0.500. The van der Waals surface area contributed by atoms with Gasteiger partial charge in [0.1, 0.15) is 12.1 Å². The maximum atomic E-state index is 12.0. The van der Waals surface area contributed by atoms with Crippen molar-refractivity contribution >= 4 is 23.7 Å². The van der Waals surface area contributed by atoms with Crippen molar-refractivity contribution in [3.8, 4) is 0 Å². The van der Waals surface area contributed by atoms with Gasteiger partial charge in [0.25, 0.3) is 0 Å². The van der Waals surface area contributed by atoms with Crippen LogP contribution in [0.15, 0.2) is 12.5 Å². The summed E-state index contributed by atoms with van der Waals surface area (Å²) in [6.45, 7) is 0.0460. The van der Waals surface area contributed by atoms with Crippen LogP contribution in [0.1, 0.15) is 12.6 Å². The lowest BCUT2D eigenvalue weighted by atomic mass is 10.1. The molecular formula is C14H22N6O6. The molecule has 12 heteroatoms. The highest BCUT2D eigenvalue weighted by Gasteiger charge is 2.24. The summed E-state index contributed by atoms with van der Waals surface area (Å²) in [4.78, 5) is 52.6. The van der Waals surface area contributed by atoms with Crippen LogP contribution in [-0.4, -0.2) is 75.1 Å². The number of carboxylic acids is 1. The number of imidazole rings is 1. The number of aliphatic hydroxyl groups is 1. The first kappa shape index (κ1) is 21.1. The van der Waals surface area contributed by atoms with E-state index >= 15 is 0 Å². The van der Waals surface area contributed by atoms with Gasteiger partial charge in [-0.25, -0.2) is 4.98 Å². The number of nitrogens with zero attached hydrogens (tertiary/aromatic N) is 1. The third-order valence-electron chi connectivity index (χ3n) is 3.32. The summed E-state index contributed by atoms with van der Waals surface area (Å²) in [6, 6.07) is -3.40. The number of amides is 3. The van der Waals surface area contributed by atoms with Crippen molar-refractivity contribution < 1.29 is 29.4 Å². The zero-order valence-electron chi connectivity index (χ0n) is 14.1. The maximum absolute atomic E-state index is 12.0. The summed E-state index contributed by atoms with van der Waals surface area (Å²) in [5.41, 5.74) is 6.35. The second-order valence-electron chi connectivity index (χ2n) is 5.48. The molecule has 0 aromatic carbocycles. The molecule has 0 aliphatic heterocycles. The highest BCUT2D eigenvalue weighted by molar-refractivity contribution is 5.92. The third kappa shape index (κ3) is 6.86. The van der Waals surface area contributed by atoms with Crippen molar-refractivity contribution in [2.75, 3.05) is 13.2 Å². The molecule has 1 rings (SSSR count). The topological polar surface area (TPSA) is 200 Å². The van der Waals surface area contributed by atoms with Gasteiger partial charge in [-0.15, -0.1) is 0 Å². The van der Waals surface area contributed by atoms with Gasteiger partial charge in [-0.1, -0.05) is 0 Å². The minimum Gasteiger partial charge on any atom is -0.480 e. The highest BCUT2D eigenvalue weighted by Crippen LogP contribution is 1.97. The molecule has 0 aliphatic carbocycles. The lowest BCUT2D eigenvalue weighted by molar-refractivity contribution is -0.141. The summed E-state index contributed by atoms with van der Waals surface area (Å²) in [5.74, 6) is -3.44. The van der Waals surface area contributed by atoms with Crippen LogP contribution in [0.3, 0.4) is 0 Å². The molecule has 144 valence electrons. The van der Waals surface area contributed by atoms with E-state index in [0.717, 1.165) is 0 Å². The summed E-state index contributed by atoms with van der Waals surface area (Å²) >= 11 is 0. The largest absolute Gasteiger partial charge is 0.480 e. The smallest absolute Gasteiger partial charge is 0.325 e. The van der Waals surface area contributed by atoms with Gasteiger partial charge < -0.3 is 36.9 Å². The van der Waals surface area contributed by atoms with Crippen LogP contribution >= 0.6 is 0 Å². The van der Waals surface area contributed by atoms with Crippen LogP contribution in [0.25, 0.3) is 0 Å². The number of carbonyl (C=O) groups excluding carboxylic acids is 3. The number of hydrogen-bond acceptors (Lipinski definition) is 7. The van der Waals surface area contributed by atoms with Crippen LogP contribution < -0.4 is 21.7 Å². The Kier molecular flexibility index (Phi) is 8.18. The Morgan fingerprint density at radius 2 is 1.96 bits per heavy atom. The van der Waals surface area contributed by atoms with Crippen molar-refractivity contribution in [1.29, 1.82) is 0 Å².